The minimum Gasteiger partial charge on any atom is -0.494 e. The van der Waals surface area contributed by atoms with Crippen LogP contribution in [0.4, 0.5) is 10.1 Å². The lowest BCUT2D eigenvalue weighted by atomic mass is 10.2. The molecule has 3 rings (SSSR count). The number of para-hydroxylation sites is 1. The Balaban J connectivity index is 1.46. The van der Waals surface area contributed by atoms with E-state index in [2.05, 4.69) is 5.32 Å². The molecule has 1 N–H and O–H groups in total. The van der Waals surface area contributed by atoms with Crippen molar-refractivity contribution in [1.29, 1.82) is 0 Å². The highest BCUT2D eigenvalue weighted by Gasteiger charge is 2.21. The molecule has 8 heteroatoms. The normalized spacial score (nSPS) is 11.1. The van der Waals surface area contributed by atoms with Crippen molar-refractivity contribution in [3.63, 3.8) is 0 Å². The summed E-state index contributed by atoms with van der Waals surface area (Å²) in [7, 11) is -2.23. The molecule has 3 aromatic rings. The second kappa shape index (κ2) is 10.8. The number of carbonyl (C=O) groups is 1. The molecule has 0 aliphatic carbocycles. The molecular formula is C24H25FN2O4S. The number of sulfonamides is 1. The zero-order chi connectivity index (χ0) is 23.0. The van der Waals surface area contributed by atoms with Gasteiger partial charge in [0.05, 0.1) is 17.2 Å². The van der Waals surface area contributed by atoms with Gasteiger partial charge in [0.1, 0.15) is 11.6 Å². The van der Waals surface area contributed by atoms with Gasteiger partial charge in [-0.2, -0.15) is 0 Å². The number of rotatable bonds is 10. The first kappa shape index (κ1) is 23.3. The topological polar surface area (TPSA) is 75.7 Å². The van der Waals surface area contributed by atoms with E-state index >= 15 is 0 Å². The maximum Gasteiger partial charge on any atom is 0.264 e. The van der Waals surface area contributed by atoms with E-state index in [0.717, 1.165) is 6.42 Å². The number of nitrogens with one attached hydrogen (secondary N) is 1. The Bertz CT molecular complexity index is 1120. The predicted molar refractivity (Wildman–Crippen MR) is 122 cm³/mol. The largest absolute Gasteiger partial charge is 0.494 e. The fraction of sp³-hybridized carbons (Fsp3) is 0.208. The van der Waals surface area contributed by atoms with Gasteiger partial charge in [-0.05, 0) is 73.5 Å². The van der Waals surface area contributed by atoms with E-state index < -0.39 is 10.0 Å². The van der Waals surface area contributed by atoms with Crippen molar-refractivity contribution in [3.05, 3.63) is 90.2 Å². The molecule has 0 aliphatic rings. The van der Waals surface area contributed by atoms with Gasteiger partial charge in [-0.15, -0.1) is 0 Å². The summed E-state index contributed by atoms with van der Waals surface area (Å²) in [6.07, 6.45) is 1.43. The Kier molecular flexibility index (Phi) is 7.83. The van der Waals surface area contributed by atoms with Crippen LogP contribution in [0.5, 0.6) is 5.75 Å². The molecule has 0 atom stereocenters. The van der Waals surface area contributed by atoms with Crippen molar-refractivity contribution in [2.75, 3.05) is 24.5 Å². The molecule has 0 spiro atoms. The number of nitrogens with zero attached hydrogens (tertiary/aromatic N) is 1. The summed E-state index contributed by atoms with van der Waals surface area (Å²) >= 11 is 0. The summed E-state index contributed by atoms with van der Waals surface area (Å²) in [5, 5.41) is 2.81. The highest BCUT2D eigenvalue weighted by atomic mass is 32.2. The van der Waals surface area contributed by atoms with Crippen LogP contribution in [-0.4, -0.2) is 34.5 Å². The quantitative estimate of drug-likeness (QED) is 0.463. The van der Waals surface area contributed by atoms with Crippen LogP contribution < -0.4 is 14.4 Å². The maximum absolute atomic E-state index is 12.8. The van der Waals surface area contributed by atoms with Gasteiger partial charge >= 0.3 is 0 Å². The summed E-state index contributed by atoms with van der Waals surface area (Å²) < 4.78 is 45.2. The van der Waals surface area contributed by atoms with Crippen LogP contribution in [0.25, 0.3) is 0 Å². The highest BCUT2D eigenvalue weighted by molar-refractivity contribution is 7.92. The van der Waals surface area contributed by atoms with Crippen molar-refractivity contribution < 1.29 is 22.3 Å². The summed E-state index contributed by atoms with van der Waals surface area (Å²) in [4.78, 5) is 12.4. The average Bonchev–Trinajstić information content (AvgIpc) is 2.82. The standard InChI is InChI=1S/C24H25FN2O4S/c1-27(21-7-3-2-4-8-21)32(29,30)23-15-9-19(10-16-23)24(28)26-17-5-6-18-31-22-13-11-20(25)12-14-22/h2-4,7-16H,5-6,17-18H2,1H3,(H,26,28). The maximum atomic E-state index is 12.8. The Morgan fingerprint density at radius 2 is 1.59 bits per heavy atom. The summed E-state index contributed by atoms with van der Waals surface area (Å²) in [5.74, 6) is 0.0158. The molecule has 0 fully saturated rings. The number of benzene rings is 3. The number of unbranched alkanes of at least 4 members (excludes halogenated alkanes) is 1. The number of ether oxygens (including phenoxy) is 1. The van der Waals surface area contributed by atoms with Crippen LogP contribution in [0.3, 0.4) is 0 Å². The SMILES string of the molecule is CN(c1ccccc1)S(=O)(=O)c1ccc(C(=O)NCCCCOc2ccc(F)cc2)cc1. The van der Waals surface area contributed by atoms with Crippen molar-refractivity contribution in [3.8, 4) is 5.75 Å². The first-order valence-electron chi connectivity index (χ1n) is 10.2. The van der Waals surface area contributed by atoms with E-state index in [1.54, 1.807) is 36.4 Å². The monoisotopic (exact) mass is 456 g/mol. The smallest absolute Gasteiger partial charge is 0.264 e. The van der Waals surface area contributed by atoms with E-state index in [4.69, 9.17) is 4.74 Å². The van der Waals surface area contributed by atoms with Crippen LogP contribution >= 0.6 is 0 Å². The molecular weight excluding hydrogens is 431 g/mol. The van der Waals surface area contributed by atoms with Crippen LogP contribution in [0.15, 0.2) is 83.8 Å². The lowest BCUT2D eigenvalue weighted by Crippen LogP contribution is -2.27. The Hall–Kier alpha value is -3.39. The number of halogens is 1. The average molecular weight is 457 g/mol. The lowest BCUT2D eigenvalue weighted by Gasteiger charge is -2.19. The van der Waals surface area contributed by atoms with E-state index in [9.17, 15) is 17.6 Å². The molecule has 3 aromatic carbocycles. The van der Waals surface area contributed by atoms with Crippen molar-refractivity contribution >= 4 is 21.6 Å². The van der Waals surface area contributed by atoms with E-state index in [0.29, 0.717) is 36.6 Å². The molecule has 0 aromatic heterocycles. The third-order valence-corrected chi connectivity index (χ3v) is 6.63. The minimum atomic E-state index is -3.72. The molecule has 0 bridgehead atoms. The van der Waals surface area contributed by atoms with Gasteiger partial charge in [0.15, 0.2) is 0 Å². The second-order valence-electron chi connectivity index (χ2n) is 7.10. The Morgan fingerprint density at radius 3 is 2.25 bits per heavy atom. The molecule has 0 radical (unpaired) electrons. The van der Waals surface area contributed by atoms with Gasteiger partial charge in [0.2, 0.25) is 0 Å². The molecule has 6 nitrogen and oxygen atoms in total. The second-order valence-corrected chi connectivity index (χ2v) is 9.07. The van der Waals surface area contributed by atoms with Crippen LogP contribution in [0.2, 0.25) is 0 Å². The molecule has 0 aliphatic heterocycles. The first-order chi connectivity index (χ1) is 15.4. The van der Waals surface area contributed by atoms with Crippen LogP contribution in [-0.2, 0) is 10.0 Å². The number of amides is 1. The van der Waals surface area contributed by atoms with Crippen molar-refractivity contribution in [1.82, 2.24) is 5.32 Å². The number of anilines is 1. The zero-order valence-corrected chi connectivity index (χ0v) is 18.5. The van der Waals surface area contributed by atoms with Crippen molar-refractivity contribution in [2.24, 2.45) is 0 Å². The number of hydrogen-bond donors (Lipinski definition) is 1. The predicted octanol–water partition coefficient (Wildman–Crippen LogP) is 4.24. The molecule has 0 saturated carbocycles. The third kappa shape index (κ3) is 6.07. The van der Waals surface area contributed by atoms with E-state index in [1.807, 2.05) is 6.07 Å². The Labute approximate surface area is 187 Å². The fourth-order valence-corrected chi connectivity index (χ4v) is 4.16. The van der Waals surface area contributed by atoms with Gasteiger partial charge < -0.3 is 10.1 Å². The highest BCUT2D eigenvalue weighted by Crippen LogP contribution is 2.22. The van der Waals surface area contributed by atoms with Gasteiger partial charge in [0, 0.05) is 19.2 Å². The van der Waals surface area contributed by atoms with Gasteiger partial charge in [-0.3, -0.25) is 9.10 Å². The number of hydrogen-bond acceptors (Lipinski definition) is 4. The summed E-state index contributed by atoms with van der Waals surface area (Å²) in [5.41, 5.74) is 0.937. The molecule has 32 heavy (non-hydrogen) atoms. The minimum absolute atomic E-state index is 0.110. The molecule has 0 saturated heterocycles. The molecule has 1 amide bonds. The summed E-state index contributed by atoms with van der Waals surface area (Å²) in [6, 6.07) is 20.4. The van der Waals surface area contributed by atoms with Gasteiger partial charge in [-0.25, -0.2) is 12.8 Å². The number of carbonyl (C=O) groups excluding carboxylic acids is 1. The molecule has 0 heterocycles. The molecule has 0 unspecified atom stereocenters. The Morgan fingerprint density at radius 1 is 0.938 bits per heavy atom. The van der Waals surface area contributed by atoms with Gasteiger partial charge in [0.25, 0.3) is 15.9 Å². The van der Waals surface area contributed by atoms with Crippen LogP contribution in [0.1, 0.15) is 23.2 Å². The lowest BCUT2D eigenvalue weighted by molar-refractivity contribution is 0.0952. The fourth-order valence-electron chi connectivity index (χ4n) is 2.96. The van der Waals surface area contributed by atoms with E-state index in [-0.39, 0.29) is 16.6 Å². The summed E-state index contributed by atoms with van der Waals surface area (Å²) in [6.45, 7) is 0.922. The van der Waals surface area contributed by atoms with Crippen LogP contribution in [0, 0.1) is 5.82 Å². The first-order valence-corrected chi connectivity index (χ1v) is 11.6. The zero-order valence-electron chi connectivity index (χ0n) is 17.7. The van der Waals surface area contributed by atoms with Gasteiger partial charge in [-0.1, -0.05) is 18.2 Å². The third-order valence-electron chi connectivity index (χ3n) is 4.83. The van der Waals surface area contributed by atoms with E-state index in [1.165, 1.54) is 47.8 Å². The van der Waals surface area contributed by atoms with Crippen molar-refractivity contribution in [2.45, 2.75) is 17.7 Å². The molecule has 168 valence electrons.